The van der Waals surface area contributed by atoms with Crippen molar-refractivity contribution in [3.05, 3.63) is 65.4 Å². The van der Waals surface area contributed by atoms with Gasteiger partial charge in [-0.15, -0.1) is 24.5 Å². The number of hydrogen-bond donors (Lipinski definition) is 1. The van der Waals surface area contributed by atoms with E-state index in [0.29, 0.717) is 27.8 Å². The number of fused-ring (bicyclic) bond motifs is 2. The summed E-state index contributed by atoms with van der Waals surface area (Å²) >= 11 is 1.08. The van der Waals surface area contributed by atoms with E-state index >= 15 is 0 Å². The summed E-state index contributed by atoms with van der Waals surface area (Å²) in [5.74, 6) is 0.643. The van der Waals surface area contributed by atoms with Gasteiger partial charge in [0.2, 0.25) is 0 Å². The van der Waals surface area contributed by atoms with E-state index in [0.717, 1.165) is 42.8 Å². The summed E-state index contributed by atoms with van der Waals surface area (Å²) < 4.78 is 39.5. The minimum absolute atomic E-state index is 0.273. The van der Waals surface area contributed by atoms with Gasteiger partial charge in [0.1, 0.15) is 28.7 Å². The molecular weight excluding hydrogens is 509 g/mol. The van der Waals surface area contributed by atoms with Crippen LogP contribution in [-0.4, -0.2) is 51.8 Å². The lowest BCUT2D eigenvalue weighted by molar-refractivity contribution is -0.126. The Bertz CT molecular complexity index is 1420. The van der Waals surface area contributed by atoms with Gasteiger partial charge in [0.15, 0.2) is 0 Å². The molecule has 1 N–H and O–H groups in total. The standard InChI is InChI=1S/C14H17F3N4S.C12H12N2.C2H4/c1-21-4-2-9(3-5-21)20-12-11-6-10(7-14(15,16)17)22-13(11)19-8-18-12;1-8-4-5-12-11(9(8)2)6-10(7-13)14(12)3;1-2/h6,8-9H,2-5,7H2,1H3,(H,18,19,20);4-6H,1-3H3;1-2H2. The third-order valence-electron chi connectivity index (χ3n) is 6.70. The first-order chi connectivity index (χ1) is 18.1. The van der Waals surface area contributed by atoms with Crippen molar-refractivity contribution >= 4 is 38.3 Å². The Kier molecular flexibility index (Phi) is 9.52. The van der Waals surface area contributed by atoms with Gasteiger partial charge in [0.05, 0.1) is 11.8 Å². The smallest absolute Gasteiger partial charge is 0.367 e. The van der Waals surface area contributed by atoms with Gasteiger partial charge in [0.25, 0.3) is 0 Å². The molecule has 1 aromatic carbocycles. The number of nitrogens with zero attached hydrogens (tertiary/aromatic N) is 5. The zero-order valence-electron chi connectivity index (χ0n) is 22.2. The van der Waals surface area contributed by atoms with Crippen LogP contribution in [0.2, 0.25) is 0 Å². The number of piperidine rings is 1. The first-order valence-electron chi connectivity index (χ1n) is 12.3. The Balaban J connectivity index is 0.000000215. The van der Waals surface area contributed by atoms with Crippen molar-refractivity contribution < 1.29 is 13.2 Å². The molecule has 1 aliphatic heterocycles. The van der Waals surface area contributed by atoms with Gasteiger partial charge in [-0.05, 0) is 76.2 Å². The Morgan fingerprint density at radius 2 is 1.79 bits per heavy atom. The summed E-state index contributed by atoms with van der Waals surface area (Å²) in [4.78, 5) is 11.4. The highest BCUT2D eigenvalue weighted by molar-refractivity contribution is 7.18. The third-order valence-corrected chi connectivity index (χ3v) is 7.74. The molecule has 0 aliphatic carbocycles. The fourth-order valence-corrected chi connectivity index (χ4v) is 5.45. The molecule has 0 bridgehead atoms. The first-order valence-corrected chi connectivity index (χ1v) is 13.1. The lowest BCUT2D eigenvalue weighted by Gasteiger charge is -2.29. The van der Waals surface area contributed by atoms with Crippen molar-refractivity contribution in [2.45, 2.75) is 45.3 Å². The van der Waals surface area contributed by atoms with Gasteiger partial charge < -0.3 is 14.8 Å². The largest absolute Gasteiger partial charge is 0.393 e. The van der Waals surface area contributed by atoms with E-state index in [2.05, 4.69) is 72.4 Å². The molecule has 4 aromatic rings. The molecule has 38 heavy (non-hydrogen) atoms. The topological polar surface area (TPSA) is 69.8 Å². The molecule has 0 saturated carbocycles. The molecule has 0 unspecified atom stereocenters. The predicted molar refractivity (Wildman–Crippen MR) is 150 cm³/mol. The molecule has 4 heterocycles. The second kappa shape index (κ2) is 12.4. The van der Waals surface area contributed by atoms with Gasteiger partial charge in [-0.3, -0.25) is 0 Å². The van der Waals surface area contributed by atoms with Gasteiger partial charge in [0, 0.05) is 28.9 Å². The molecule has 5 rings (SSSR count). The molecule has 1 fully saturated rings. The maximum atomic E-state index is 12.5. The average Bonchev–Trinajstić information content (AvgIpc) is 3.44. The summed E-state index contributed by atoms with van der Waals surface area (Å²) in [5, 5.41) is 14.1. The van der Waals surface area contributed by atoms with Crippen LogP contribution in [0.3, 0.4) is 0 Å². The van der Waals surface area contributed by atoms with Crippen LogP contribution in [0.25, 0.3) is 21.1 Å². The van der Waals surface area contributed by atoms with Gasteiger partial charge >= 0.3 is 6.18 Å². The quantitative estimate of drug-likeness (QED) is 0.289. The highest BCUT2D eigenvalue weighted by atomic mass is 32.1. The zero-order valence-corrected chi connectivity index (χ0v) is 23.0. The van der Waals surface area contributed by atoms with Crippen molar-refractivity contribution in [3.8, 4) is 6.07 Å². The van der Waals surface area contributed by atoms with Crippen molar-refractivity contribution in [2.75, 3.05) is 25.5 Å². The Morgan fingerprint density at radius 1 is 1.11 bits per heavy atom. The molecule has 0 atom stereocenters. The molecule has 0 amide bonds. The van der Waals surface area contributed by atoms with Crippen LogP contribution in [0.1, 0.15) is 34.5 Å². The fourth-order valence-electron chi connectivity index (χ4n) is 4.42. The molecule has 10 heteroatoms. The number of aromatic nitrogens is 3. The van der Waals surface area contributed by atoms with Gasteiger partial charge in [-0.1, -0.05) is 6.07 Å². The van der Waals surface area contributed by atoms with Crippen LogP contribution in [0, 0.1) is 25.2 Å². The van der Waals surface area contributed by atoms with E-state index < -0.39 is 12.6 Å². The Labute approximate surface area is 225 Å². The number of halogens is 3. The van der Waals surface area contributed by atoms with Gasteiger partial charge in [-0.25, -0.2) is 9.97 Å². The summed E-state index contributed by atoms with van der Waals surface area (Å²) in [5.41, 5.74) is 4.38. The summed E-state index contributed by atoms with van der Waals surface area (Å²) in [7, 11) is 4.01. The Hall–Kier alpha value is -3.42. The number of nitrogens with one attached hydrogen (secondary N) is 1. The third kappa shape index (κ3) is 6.91. The lowest BCUT2D eigenvalue weighted by Crippen LogP contribution is -2.36. The second-order valence-electron chi connectivity index (χ2n) is 9.31. The molecule has 0 spiro atoms. The number of hydrogen-bond acceptors (Lipinski definition) is 6. The van der Waals surface area contributed by atoms with Crippen LogP contribution < -0.4 is 5.32 Å². The van der Waals surface area contributed by atoms with E-state index in [1.165, 1.54) is 22.8 Å². The van der Waals surface area contributed by atoms with Gasteiger partial charge in [-0.2, -0.15) is 18.4 Å². The molecule has 6 nitrogen and oxygen atoms in total. The van der Waals surface area contributed by atoms with Crippen LogP contribution >= 0.6 is 11.3 Å². The molecule has 0 radical (unpaired) electrons. The van der Waals surface area contributed by atoms with E-state index in [4.69, 9.17) is 5.26 Å². The summed E-state index contributed by atoms with van der Waals surface area (Å²) in [6, 6.07) is 10.2. The number of aryl methyl sites for hydroxylation is 3. The highest BCUT2D eigenvalue weighted by Gasteiger charge is 2.29. The van der Waals surface area contributed by atoms with Crippen LogP contribution in [0.4, 0.5) is 19.0 Å². The second-order valence-corrected chi connectivity index (χ2v) is 10.4. The predicted octanol–water partition coefficient (Wildman–Crippen LogP) is 6.77. The number of anilines is 1. The number of benzene rings is 1. The highest BCUT2D eigenvalue weighted by Crippen LogP contribution is 2.33. The van der Waals surface area contributed by atoms with Crippen molar-refractivity contribution in [1.82, 2.24) is 19.4 Å². The number of rotatable bonds is 3. The molecule has 202 valence electrons. The van der Waals surface area contributed by atoms with E-state index in [9.17, 15) is 13.2 Å². The lowest BCUT2D eigenvalue weighted by atomic mass is 10.1. The zero-order chi connectivity index (χ0) is 28.0. The maximum Gasteiger partial charge on any atom is 0.393 e. The number of thiophene rings is 1. The fraction of sp³-hybridized carbons (Fsp3) is 0.393. The summed E-state index contributed by atoms with van der Waals surface area (Å²) in [6.07, 6.45) is -1.70. The molecular formula is C28H33F3N6S. The van der Waals surface area contributed by atoms with E-state index in [1.807, 2.05) is 17.7 Å². The minimum atomic E-state index is -4.20. The molecule has 1 saturated heterocycles. The minimum Gasteiger partial charge on any atom is -0.367 e. The van der Waals surface area contributed by atoms with Crippen molar-refractivity contribution in [1.29, 1.82) is 5.26 Å². The van der Waals surface area contributed by atoms with E-state index in [1.54, 1.807) is 6.07 Å². The average molecular weight is 543 g/mol. The number of nitriles is 1. The van der Waals surface area contributed by atoms with Crippen LogP contribution in [-0.2, 0) is 13.5 Å². The van der Waals surface area contributed by atoms with E-state index in [-0.39, 0.29) is 4.88 Å². The van der Waals surface area contributed by atoms with Crippen LogP contribution in [0.5, 0.6) is 0 Å². The number of alkyl halides is 3. The monoisotopic (exact) mass is 542 g/mol. The normalized spacial score (nSPS) is 14.4. The van der Waals surface area contributed by atoms with Crippen molar-refractivity contribution in [2.24, 2.45) is 7.05 Å². The van der Waals surface area contributed by atoms with Crippen molar-refractivity contribution in [3.63, 3.8) is 0 Å². The van der Waals surface area contributed by atoms with Crippen LogP contribution in [0.15, 0.2) is 43.8 Å². The Morgan fingerprint density at radius 3 is 2.42 bits per heavy atom. The summed E-state index contributed by atoms with van der Waals surface area (Å²) in [6.45, 7) is 12.2. The molecule has 3 aromatic heterocycles. The first kappa shape index (κ1) is 29.1. The number of likely N-dealkylation sites (tertiary alicyclic amines) is 1. The SMILES string of the molecule is C=C.CN1CCC(Nc2ncnc3sc(CC(F)(F)F)cc23)CC1.Cc1ccc2c(cc(C#N)n2C)c1C. The maximum absolute atomic E-state index is 12.5. The molecule has 1 aliphatic rings.